The minimum absolute atomic E-state index is 0.176. The highest BCUT2D eigenvalue weighted by Crippen LogP contribution is 2.29. The van der Waals surface area contributed by atoms with Crippen molar-refractivity contribution < 1.29 is 19.1 Å². The number of carboxylic acids is 1. The summed E-state index contributed by atoms with van der Waals surface area (Å²) in [6.45, 7) is 0. The Morgan fingerprint density at radius 3 is 2.47 bits per heavy atom. The van der Waals surface area contributed by atoms with Crippen LogP contribution in [0.3, 0.4) is 0 Å². The molecule has 1 N–H and O–H groups in total. The Labute approximate surface area is 97.8 Å². The molecule has 0 fully saturated rings. The zero-order chi connectivity index (χ0) is 11.6. The minimum atomic E-state index is -1.60. The summed E-state index contributed by atoms with van der Waals surface area (Å²) in [5, 5.41) is 8.45. The number of Topliss-reactive ketones (excluding diaryl/α,β-unsaturated/α-hetero) is 1. The summed E-state index contributed by atoms with van der Waals surface area (Å²) in [7, 11) is 0. The maximum atomic E-state index is 13.3. The summed E-state index contributed by atoms with van der Waals surface area (Å²) in [4.78, 5) is 21.8. The molecule has 0 heterocycles. The molecule has 0 unspecified atom stereocenters. The summed E-state index contributed by atoms with van der Waals surface area (Å²) in [5.41, 5.74) is -0.176. The SMILES string of the molecule is CSc1c(F)cc(C(=O)C(=O)O)cc1Br. The van der Waals surface area contributed by atoms with Gasteiger partial charge in [-0.1, -0.05) is 0 Å². The number of rotatable bonds is 3. The van der Waals surface area contributed by atoms with Crippen LogP contribution in [-0.2, 0) is 4.79 Å². The van der Waals surface area contributed by atoms with E-state index >= 15 is 0 Å². The highest BCUT2D eigenvalue weighted by molar-refractivity contribution is 9.10. The minimum Gasteiger partial charge on any atom is -0.475 e. The second-order valence-corrected chi connectivity index (χ2v) is 4.28. The molecule has 0 aliphatic heterocycles. The first kappa shape index (κ1) is 12.2. The Bertz CT molecular complexity index is 410. The maximum absolute atomic E-state index is 13.3. The van der Waals surface area contributed by atoms with E-state index in [1.807, 2.05) is 0 Å². The van der Waals surface area contributed by atoms with Crippen LogP contribution in [0, 0.1) is 5.82 Å². The number of carboxylic acid groups (broad SMARTS) is 1. The van der Waals surface area contributed by atoms with Crippen LogP contribution in [-0.4, -0.2) is 23.1 Å². The van der Waals surface area contributed by atoms with Crippen molar-refractivity contribution in [3.8, 4) is 0 Å². The number of thioether (sulfide) groups is 1. The smallest absolute Gasteiger partial charge is 0.377 e. The average molecular weight is 293 g/mol. The third-order valence-corrected chi connectivity index (χ3v) is 3.37. The standard InChI is InChI=1S/C9H6BrFO3S/c1-15-8-5(10)2-4(3-6(8)11)7(12)9(13)14/h2-3H,1H3,(H,13,14). The summed E-state index contributed by atoms with van der Waals surface area (Å²) in [5.74, 6) is -3.33. The van der Waals surface area contributed by atoms with Crippen molar-refractivity contribution in [2.75, 3.05) is 6.26 Å². The molecule has 0 amide bonds. The van der Waals surface area contributed by atoms with Crippen LogP contribution in [0.5, 0.6) is 0 Å². The van der Waals surface area contributed by atoms with E-state index in [1.165, 1.54) is 17.8 Å². The van der Waals surface area contributed by atoms with Gasteiger partial charge in [-0.15, -0.1) is 11.8 Å². The number of carbonyl (C=O) groups excluding carboxylic acids is 1. The molecule has 0 spiro atoms. The van der Waals surface area contributed by atoms with E-state index in [1.54, 1.807) is 6.26 Å². The fourth-order valence-electron chi connectivity index (χ4n) is 1.01. The fraction of sp³-hybridized carbons (Fsp3) is 0.111. The number of carbonyl (C=O) groups is 2. The highest BCUT2D eigenvalue weighted by atomic mass is 79.9. The molecule has 0 aliphatic carbocycles. The highest BCUT2D eigenvalue weighted by Gasteiger charge is 2.18. The van der Waals surface area contributed by atoms with E-state index in [2.05, 4.69) is 15.9 Å². The molecular weight excluding hydrogens is 287 g/mol. The first-order valence-electron chi connectivity index (χ1n) is 3.78. The zero-order valence-electron chi connectivity index (χ0n) is 7.58. The molecule has 0 saturated carbocycles. The predicted molar refractivity (Wildman–Crippen MR) is 57.8 cm³/mol. The molecule has 0 aromatic heterocycles. The van der Waals surface area contributed by atoms with Crippen LogP contribution >= 0.6 is 27.7 Å². The Kier molecular flexibility index (Phi) is 3.87. The quantitative estimate of drug-likeness (QED) is 0.528. The number of hydrogen-bond donors (Lipinski definition) is 1. The topological polar surface area (TPSA) is 54.4 Å². The number of halogens is 2. The van der Waals surface area contributed by atoms with Crippen LogP contribution in [0.1, 0.15) is 10.4 Å². The first-order chi connectivity index (χ1) is 6.97. The lowest BCUT2D eigenvalue weighted by molar-refractivity contribution is -0.131. The van der Waals surface area contributed by atoms with Crippen LogP contribution in [0.4, 0.5) is 4.39 Å². The molecule has 1 aromatic rings. The van der Waals surface area contributed by atoms with E-state index in [0.717, 1.165) is 6.07 Å². The van der Waals surface area contributed by atoms with E-state index in [4.69, 9.17) is 5.11 Å². The molecule has 0 saturated heterocycles. The molecule has 0 aliphatic rings. The Hall–Kier alpha value is -0.880. The van der Waals surface area contributed by atoms with Crippen LogP contribution in [0.15, 0.2) is 21.5 Å². The summed E-state index contributed by atoms with van der Waals surface area (Å²) in [6.07, 6.45) is 1.68. The normalized spacial score (nSPS) is 10.1. The number of ketones is 1. The number of hydrogen-bond acceptors (Lipinski definition) is 3. The molecule has 0 bridgehead atoms. The van der Waals surface area contributed by atoms with Gasteiger partial charge in [0.2, 0.25) is 0 Å². The van der Waals surface area contributed by atoms with Crippen molar-refractivity contribution in [1.29, 1.82) is 0 Å². The van der Waals surface area contributed by atoms with Gasteiger partial charge in [0.25, 0.3) is 5.78 Å². The third kappa shape index (κ3) is 2.57. The molecule has 6 heteroatoms. The molecule has 15 heavy (non-hydrogen) atoms. The fourth-order valence-corrected chi connectivity index (χ4v) is 2.44. The Balaban J connectivity index is 3.26. The second-order valence-electron chi connectivity index (χ2n) is 2.61. The predicted octanol–water partition coefficient (Wildman–Crippen LogP) is 2.58. The third-order valence-electron chi connectivity index (χ3n) is 1.66. The van der Waals surface area contributed by atoms with Crippen molar-refractivity contribution in [3.05, 3.63) is 28.0 Å². The zero-order valence-corrected chi connectivity index (χ0v) is 9.99. The maximum Gasteiger partial charge on any atom is 0.377 e. The number of benzene rings is 1. The molecule has 1 aromatic carbocycles. The van der Waals surface area contributed by atoms with Crippen LogP contribution in [0.2, 0.25) is 0 Å². The van der Waals surface area contributed by atoms with Crippen molar-refractivity contribution in [2.45, 2.75) is 4.90 Å². The van der Waals surface area contributed by atoms with Crippen molar-refractivity contribution in [3.63, 3.8) is 0 Å². The summed E-state index contributed by atoms with van der Waals surface area (Å²) < 4.78 is 13.7. The molecule has 0 atom stereocenters. The van der Waals surface area contributed by atoms with Crippen LogP contribution < -0.4 is 0 Å². The van der Waals surface area contributed by atoms with Gasteiger partial charge in [0, 0.05) is 10.0 Å². The second kappa shape index (κ2) is 4.76. The molecular formula is C9H6BrFO3S. The Morgan fingerprint density at radius 1 is 1.47 bits per heavy atom. The van der Waals surface area contributed by atoms with Crippen molar-refractivity contribution >= 4 is 39.4 Å². The monoisotopic (exact) mass is 292 g/mol. The van der Waals surface area contributed by atoms with Crippen molar-refractivity contribution in [2.24, 2.45) is 0 Å². The van der Waals surface area contributed by atoms with Gasteiger partial charge < -0.3 is 5.11 Å². The van der Waals surface area contributed by atoms with Gasteiger partial charge in [-0.2, -0.15) is 0 Å². The van der Waals surface area contributed by atoms with Gasteiger partial charge in [-0.25, -0.2) is 9.18 Å². The van der Waals surface area contributed by atoms with E-state index in [-0.39, 0.29) is 5.56 Å². The van der Waals surface area contributed by atoms with Crippen LogP contribution in [0.25, 0.3) is 0 Å². The van der Waals surface area contributed by atoms with Crippen molar-refractivity contribution in [1.82, 2.24) is 0 Å². The van der Waals surface area contributed by atoms with Gasteiger partial charge >= 0.3 is 5.97 Å². The summed E-state index contributed by atoms with van der Waals surface area (Å²) >= 11 is 4.24. The molecule has 0 radical (unpaired) electrons. The van der Waals surface area contributed by atoms with E-state index in [0.29, 0.717) is 9.37 Å². The van der Waals surface area contributed by atoms with E-state index < -0.39 is 17.6 Å². The molecule has 80 valence electrons. The lowest BCUT2D eigenvalue weighted by Gasteiger charge is -2.04. The molecule has 3 nitrogen and oxygen atoms in total. The lowest BCUT2D eigenvalue weighted by atomic mass is 10.1. The lowest BCUT2D eigenvalue weighted by Crippen LogP contribution is -2.13. The van der Waals surface area contributed by atoms with Gasteiger partial charge in [0.15, 0.2) is 0 Å². The van der Waals surface area contributed by atoms with Gasteiger partial charge in [-0.3, -0.25) is 4.79 Å². The van der Waals surface area contributed by atoms with Gasteiger partial charge in [0.1, 0.15) is 5.82 Å². The first-order valence-corrected chi connectivity index (χ1v) is 5.79. The Morgan fingerprint density at radius 2 is 2.07 bits per heavy atom. The average Bonchev–Trinajstić information content (AvgIpc) is 2.15. The largest absolute Gasteiger partial charge is 0.475 e. The molecule has 1 rings (SSSR count). The summed E-state index contributed by atoms with van der Waals surface area (Å²) in [6, 6.07) is 2.22. The van der Waals surface area contributed by atoms with E-state index in [9.17, 15) is 14.0 Å². The van der Waals surface area contributed by atoms with Gasteiger partial charge in [0.05, 0.1) is 4.90 Å². The van der Waals surface area contributed by atoms with Gasteiger partial charge in [-0.05, 0) is 34.3 Å². The number of aliphatic carboxylic acids is 1.